The van der Waals surface area contributed by atoms with E-state index in [4.69, 9.17) is 14.2 Å². The van der Waals surface area contributed by atoms with Crippen molar-refractivity contribution in [3.63, 3.8) is 0 Å². The van der Waals surface area contributed by atoms with Crippen molar-refractivity contribution in [2.45, 2.75) is 25.9 Å². The molecule has 132 valence electrons. The molecule has 25 heavy (non-hydrogen) atoms. The highest BCUT2D eigenvalue weighted by Gasteiger charge is 2.28. The van der Waals surface area contributed by atoms with Gasteiger partial charge in [0.25, 0.3) is 0 Å². The number of fused-ring (bicyclic) bond motifs is 2. The number of aromatic nitrogens is 2. The topological polar surface area (TPSA) is 65.8 Å². The maximum absolute atomic E-state index is 12.8. The second-order valence-electron chi connectivity index (χ2n) is 6.24. The van der Waals surface area contributed by atoms with Crippen LogP contribution in [0.3, 0.4) is 0 Å². The molecule has 1 aromatic heterocycles. The Bertz CT molecular complexity index is 773. The molecule has 0 N–H and O–H groups in total. The Morgan fingerprint density at radius 2 is 2.24 bits per heavy atom. The minimum absolute atomic E-state index is 0.0906. The van der Waals surface area contributed by atoms with Gasteiger partial charge in [0.1, 0.15) is 0 Å². The Labute approximate surface area is 146 Å². The third-order valence-corrected chi connectivity index (χ3v) is 4.58. The lowest BCUT2D eigenvalue weighted by atomic mass is 10.1. The summed E-state index contributed by atoms with van der Waals surface area (Å²) in [6, 6.07) is 5.75. The number of rotatable bonds is 5. The number of carbonyl (C=O) groups excluding carboxylic acids is 1. The zero-order chi connectivity index (χ0) is 17.2. The summed E-state index contributed by atoms with van der Waals surface area (Å²) in [6.07, 6.45) is 3.98. The molecule has 1 amide bonds. The highest BCUT2D eigenvalue weighted by Crippen LogP contribution is 2.33. The summed E-state index contributed by atoms with van der Waals surface area (Å²) in [4.78, 5) is 18.9. The quantitative estimate of drug-likeness (QED) is 0.828. The first-order chi connectivity index (χ1) is 12.2. The van der Waals surface area contributed by atoms with Gasteiger partial charge in [-0.25, -0.2) is 4.98 Å². The highest BCUT2D eigenvalue weighted by molar-refractivity contribution is 5.79. The van der Waals surface area contributed by atoms with Gasteiger partial charge in [0.2, 0.25) is 12.7 Å². The smallest absolute Gasteiger partial charge is 0.231 e. The Hall–Kier alpha value is -2.54. The van der Waals surface area contributed by atoms with Crippen molar-refractivity contribution >= 4 is 5.91 Å². The van der Waals surface area contributed by atoms with Crippen LogP contribution in [0.15, 0.2) is 30.7 Å². The monoisotopic (exact) mass is 343 g/mol. The summed E-state index contributed by atoms with van der Waals surface area (Å²) in [5.41, 5.74) is 1.96. The van der Waals surface area contributed by atoms with Crippen LogP contribution < -0.4 is 9.47 Å². The lowest BCUT2D eigenvalue weighted by molar-refractivity contribution is -0.132. The summed E-state index contributed by atoms with van der Waals surface area (Å²) in [7, 11) is 0. The van der Waals surface area contributed by atoms with Crippen LogP contribution in [-0.4, -0.2) is 46.9 Å². The standard InChI is InChI=1S/C18H21N3O4/c1-2-23-10-15-9-20(8-14-7-19-11-21(14)15)18(22)6-13-3-4-16-17(5-13)25-12-24-16/h3-5,7,11,15H,2,6,8-10,12H2,1H3/t15-/m0/s1. The molecule has 7 nitrogen and oxygen atoms in total. The summed E-state index contributed by atoms with van der Waals surface area (Å²) in [5, 5.41) is 0. The van der Waals surface area contributed by atoms with Gasteiger partial charge in [-0.05, 0) is 24.6 Å². The van der Waals surface area contributed by atoms with Crippen molar-refractivity contribution in [2.24, 2.45) is 0 Å². The van der Waals surface area contributed by atoms with Gasteiger partial charge < -0.3 is 23.7 Å². The fourth-order valence-electron chi connectivity index (χ4n) is 3.30. The van der Waals surface area contributed by atoms with Gasteiger partial charge in [0, 0.05) is 19.3 Å². The molecule has 1 aromatic carbocycles. The molecule has 0 aliphatic carbocycles. The van der Waals surface area contributed by atoms with Crippen LogP contribution in [0, 0.1) is 0 Å². The minimum Gasteiger partial charge on any atom is -0.454 e. The summed E-state index contributed by atoms with van der Waals surface area (Å²) in [6.45, 7) is 4.65. The second-order valence-corrected chi connectivity index (χ2v) is 6.24. The largest absolute Gasteiger partial charge is 0.454 e. The molecule has 0 saturated carbocycles. The molecule has 3 heterocycles. The lowest BCUT2D eigenvalue weighted by Gasteiger charge is -2.34. The van der Waals surface area contributed by atoms with Gasteiger partial charge >= 0.3 is 0 Å². The molecule has 2 aromatic rings. The van der Waals surface area contributed by atoms with E-state index in [9.17, 15) is 4.79 Å². The van der Waals surface area contributed by atoms with Crippen LogP contribution in [0.25, 0.3) is 0 Å². The maximum Gasteiger partial charge on any atom is 0.231 e. The third kappa shape index (κ3) is 3.19. The number of amides is 1. The fourth-order valence-corrected chi connectivity index (χ4v) is 3.30. The van der Waals surface area contributed by atoms with E-state index in [1.807, 2.05) is 42.5 Å². The molecule has 2 aliphatic rings. The second kappa shape index (κ2) is 6.76. The molecule has 1 atom stereocenters. The Kier molecular flexibility index (Phi) is 4.31. The SMILES string of the molecule is CCOC[C@@H]1CN(C(=O)Cc2ccc3c(c2)OCO3)Cc2cncn21. The first-order valence-electron chi connectivity index (χ1n) is 8.49. The summed E-state index contributed by atoms with van der Waals surface area (Å²) >= 11 is 0. The Balaban J connectivity index is 1.47. The van der Waals surface area contributed by atoms with E-state index in [1.54, 1.807) is 0 Å². The van der Waals surface area contributed by atoms with Crippen LogP contribution in [0.4, 0.5) is 0 Å². The summed E-state index contributed by atoms with van der Waals surface area (Å²) < 4.78 is 18.4. The molecular formula is C18H21N3O4. The third-order valence-electron chi connectivity index (χ3n) is 4.58. The average molecular weight is 343 g/mol. The summed E-state index contributed by atoms with van der Waals surface area (Å²) in [5.74, 6) is 1.53. The number of carbonyl (C=O) groups is 1. The Morgan fingerprint density at radius 3 is 3.12 bits per heavy atom. The van der Waals surface area contributed by atoms with E-state index in [0.29, 0.717) is 38.5 Å². The van der Waals surface area contributed by atoms with Crippen molar-refractivity contribution in [3.05, 3.63) is 42.0 Å². The van der Waals surface area contributed by atoms with Crippen molar-refractivity contribution in [2.75, 3.05) is 26.6 Å². The van der Waals surface area contributed by atoms with E-state index in [0.717, 1.165) is 17.0 Å². The van der Waals surface area contributed by atoms with Crippen LogP contribution in [0.5, 0.6) is 11.5 Å². The molecule has 0 radical (unpaired) electrons. The average Bonchev–Trinajstić information content (AvgIpc) is 3.27. The molecule has 0 bridgehead atoms. The van der Waals surface area contributed by atoms with E-state index in [1.165, 1.54) is 0 Å². The highest BCUT2D eigenvalue weighted by atomic mass is 16.7. The van der Waals surface area contributed by atoms with E-state index in [2.05, 4.69) is 9.55 Å². The lowest BCUT2D eigenvalue weighted by Crippen LogP contribution is -2.42. The molecule has 4 rings (SSSR count). The number of ether oxygens (including phenoxy) is 3. The van der Waals surface area contributed by atoms with Crippen molar-refractivity contribution in [1.82, 2.24) is 14.5 Å². The normalized spacial score (nSPS) is 18.3. The van der Waals surface area contributed by atoms with Crippen LogP contribution in [0.1, 0.15) is 24.2 Å². The van der Waals surface area contributed by atoms with Gasteiger partial charge in [0.05, 0.1) is 37.6 Å². The number of nitrogens with zero attached hydrogens (tertiary/aromatic N) is 3. The van der Waals surface area contributed by atoms with Crippen molar-refractivity contribution < 1.29 is 19.0 Å². The van der Waals surface area contributed by atoms with Gasteiger partial charge in [-0.3, -0.25) is 4.79 Å². The first-order valence-corrected chi connectivity index (χ1v) is 8.49. The predicted molar refractivity (Wildman–Crippen MR) is 89.4 cm³/mol. The zero-order valence-corrected chi connectivity index (χ0v) is 14.2. The van der Waals surface area contributed by atoms with Gasteiger partial charge in [-0.2, -0.15) is 0 Å². The molecule has 0 saturated heterocycles. The maximum atomic E-state index is 12.8. The molecule has 0 unspecified atom stereocenters. The number of hydrogen-bond acceptors (Lipinski definition) is 5. The van der Waals surface area contributed by atoms with Crippen molar-refractivity contribution in [3.8, 4) is 11.5 Å². The van der Waals surface area contributed by atoms with Crippen LogP contribution in [-0.2, 0) is 22.5 Å². The van der Waals surface area contributed by atoms with E-state index in [-0.39, 0.29) is 18.7 Å². The Morgan fingerprint density at radius 1 is 1.36 bits per heavy atom. The number of hydrogen-bond donors (Lipinski definition) is 0. The predicted octanol–water partition coefficient (Wildman–Crippen LogP) is 1.77. The van der Waals surface area contributed by atoms with Gasteiger partial charge in [-0.15, -0.1) is 0 Å². The fraction of sp³-hybridized carbons (Fsp3) is 0.444. The zero-order valence-electron chi connectivity index (χ0n) is 14.2. The van der Waals surface area contributed by atoms with E-state index < -0.39 is 0 Å². The van der Waals surface area contributed by atoms with Gasteiger partial charge in [-0.1, -0.05) is 6.07 Å². The molecule has 0 fully saturated rings. The molecular weight excluding hydrogens is 322 g/mol. The van der Waals surface area contributed by atoms with Crippen LogP contribution in [0.2, 0.25) is 0 Å². The van der Waals surface area contributed by atoms with Crippen molar-refractivity contribution in [1.29, 1.82) is 0 Å². The van der Waals surface area contributed by atoms with E-state index >= 15 is 0 Å². The number of imidazole rings is 1. The first kappa shape index (κ1) is 16.0. The minimum atomic E-state index is 0.0906. The molecule has 2 aliphatic heterocycles. The number of benzene rings is 1. The van der Waals surface area contributed by atoms with Crippen LogP contribution >= 0.6 is 0 Å². The molecule has 0 spiro atoms. The molecule has 7 heteroatoms. The van der Waals surface area contributed by atoms with Gasteiger partial charge in [0.15, 0.2) is 11.5 Å².